The summed E-state index contributed by atoms with van der Waals surface area (Å²) in [6.07, 6.45) is 6.42. The predicted molar refractivity (Wildman–Crippen MR) is 80.3 cm³/mol. The molecule has 0 aromatic heterocycles. The predicted octanol–water partition coefficient (Wildman–Crippen LogP) is 3.26. The van der Waals surface area contributed by atoms with Gasteiger partial charge in [-0.2, -0.15) is 0 Å². The Morgan fingerprint density at radius 3 is 2.10 bits per heavy atom. The van der Waals surface area contributed by atoms with E-state index in [0.717, 1.165) is 31.5 Å². The van der Waals surface area contributed by atoms with Gasteiger partial charge in [0.05, 0.1) is 5.57 Å². The van der Waals surface area contributed by atoms with E-state index in [-0.39, 0.29) is 17.0 Å². The lowest BCUT2D eigenvalue weighted by Crippen LogP contribution is -2.28. The number of hydrogen-bond acceptors (Lipinski definition) is 3. The van der Waals surface area contributed by atoms with E-state index in [9.17, 15) is 9.59 Å². The fourth-order valence-corrected chi connectivity index (χ4v) is 3.44. The Morgan fingerprint density at radius 1 is 1.05 bits per heavy atom. The van der Waals surface area contributed by atoms with Gasteiger partial charge in [0, 0.05) is 18.8 Å². The van der Waals surface area contributed by atoms with Crippen molar-refractivity contribution in [3.05, 3.63) is 22.9 Å². The van der Waals surface area contributed by atoms with Gasteiger partial charge in [-0.05, 0) is 56.6 Å². The third-order valence-corrected chi connectivity index (χ3v) is 4.21. The standard InChI is InChI=1S/C17H25NO2/c1-12(19)16(13(2)20)14-9-15(11-17(3,4)10-14)18-7-5-6-8-18/h9H,5-8,10-11H2,1-4H3. The van der Waals surface area contributed by atoms with Crippen molar-refractivity contribution in [2.75, 3.05) is 13.1 Å². The molecule has 3 nitrogen and oxygen atoms in total. The van der Waals surface area contributed by atoms with Crippen molar-refractivity contribution >= 4 is 11.6 Å². The maximum Gasteiger partial charge on any atom is 0.163 e. The first-order valence-corrected chi connectivity index (χ1v) is 7.51. The van der Waals surface area contributed by atoms with E-state index in [1.165, 1.54) is 32.4 Å². The molecule has 3 heteroatoms. The Kier molecular flexibility index (Phi) is 4.17. The smallest absolute Gasteiger partial charge is 0.163 e. The highest BCUT2D eigenvalue weighted by atomic mass is 16.1. The van der Waals surface area contributed by atoms with E-state index in [1.807, 2.05) is 0 Å². The van der Waals surface area contributed by atoms with Crippen LogP contribution in [0.3, 0.4) is 0 Å². The third kappa shape index (κ3) is 3.20. The number of hydrogen-bond donors (Lipinski definition) is 0. The van der Waals surface area contributed by atoms with Crippen LogP contribution in [0.2, 0.25) is 0 Å². The van der Waals surface area contributed by atoms with Crippen LogP contribution in [-0.4, -0.2) is 29.6 Å². The lowest BCUT2D eigenvalue weighted by atomic mass is 9.75. The molecule has 0 amide bonds. The van der Waals surface area contributed by atoms with E-state index >= 15 is 0 Å². The quantitative estimate of drug-likeness (QED) is 0.451. The Bertz CT molecular complexity index is 475. The largest absolute Gasteiger partial charge is 0.375 e. The van der Waals surface area contributed by atoms with Gasteiger partial charge in [-0.3, -0.25) is 9.59 Å². The molecule has 1 saturated heterocycles. The number of ketones is 2. The van der Waals surface area contributed by atoms with Crippen molar-refractivity contribution in [3.63, 3.8) is 0 Å². The third-order valence-electron chi connectivity index (χ3n) is 4.21. The summed E-state index contributed by atoms with van der Waals surface area (Å²) in [5.74, 6) is -0.218. The number of likely N-dealkylation sites (tertiary alicyclic amines) is 1. The molecule has 1 fully saturated rings. The van der Waals surface area contributed by atoms with E-state index in [1.54, 1.807) is 0 Å². The summed E-state index contributed by atoms with van der Waals surface area (Å²) in [5.41, 5.74) is 2.74. The molecule has 0 spiro atoms. The minimum Gasteiger partial charge on any atom is -0.375 e. The second-order valence-corrected chi connectivity index (χ2v) is 6.86. The number of carbonyl (C=O) groups excluding carboxylic acids is 2. The van der Waals surface area contributed by atoms with Crippen LogP contribution in [0.4, 0.5) is 0 Å². The molecule has 0 bridgehead atoms. The second kappa shape index (κ2) is 5.55. The van der Waals surface area contributed by atoms with Gasteiger partial charge in [0.2, 0.25) is 0 Å². The van der Waals surface area contributed by atoms with E-state index in [4.69, 9.17) is 0 Å². The summed E-state index contributed by atoms with van der Waals surface area (Å²) in [6, 6.07) is 0. The molecule has 1 aliphatic carbocycles. The first kappa shape index (κ1) is 15.0. The molecule has 2 rings (SSSR count). The summed E-state index contributed by atoms with van der Waals surface area (Å²) in [7, 11) is 0. The molecule has 0 atom stereocenters. The Balaban J connectivity index is 2.45. The van der Waals surface area contributed by atoms with Gasteiger partial charge in [0.25, 0.3) is 0 Å². The second-order valence-electron chi connectivity index (χ2n) is 6.86. The number of rotatable bonds is 3. The lowest BCUT2D eigenvalue weighted by Gasteiger charge is -2.36. The van der Waals surface area contributed by atoms with Crippen LogP contribution in [0.15, 0.2) is 22.9 Å². The van der Waals surface area contributed by atoms with Crippen molar-refractivity contribution in [1.29, 1.82) is 0 Å². The van der Waals surface area contributed by atoms with Gasteiger partial charge in [-0.25, -0.2) is 0 Å². The zero-order chi connectivity index (χ0) is 14.9. The van der Waals surface area contributed by atoms with Gasteiger partial charge in [-0.15, -0.1) is 0 Å². The van der Waals surface area contributed by atoms with Crippen molar-refractivity contribution < 1.29 is 9.59 Å². The van der Waals surface area contributed by atoms with E-state index in [2.05, 4.69) is 24.8 Å². The van der Waals surface area contributed by atoms with Crippen LogP contribution in [0.25, 0.3) is 0 Å². The van der Waals surface area contributed by atoms with Crippen molar-refractivity contribution in [2.24, 2.45) is 5.41 Å². The molecule has 0 aromatic rings. The Labute approximate surface area is 121 Å². The summed E-state index contributed by atoms with van der Waals surface area (Å²) >= 11 is 0. The summed E-state index contributed by atoms with van der Waals surface area (Å²) < 4.78 is 0. The fourth-order valence-electron chi connectivity index (χ4n) is 3.44. The lowest BCUT2D eigenvalue weighted by molar-refractivity contribution is -0.119. The van der Waals surface area contributed by atoms with E-state index in [0.29, 0.717) is 5.57 Å². The molecule has 20 heavy (non-hydrogen) atoms. The molecule has 0 N–H and O–H groups in total. The number of nitrogens with zero attached hydrogens (tertiary/aromatic N) is 1. The maximum atomic E-state index is 11.8. The maximum absolute atomic E-state index is 11.8. The van der Waals surface area contributed by atoms with Gasteiger partial charge in [0.1, 0.15) is 0 Å². The highest BCUT2D eigenvalue weighted by Crippen LogP contribution is 2.41. The average Bonchev–Trinajstić information content (AvgIpc) is 2.78. The zero-order valence-electron chi connectivity index (χ0n) is 13.1. The summed E-state index contributed by atoms with van der Waals surface area (Å²) in [4.78, 5) is 26.0. The molecule has 0 aromatic carbocycles. The molecule has 0 unspecified atom stereocenters. The van der Waals surface area contributed by atoms with Crippen LogP contribution in [0, 0.1) is 5.41 Å². The first-order chi connectivity index (χ1) is 9.30. The molecule has 1 heterocycles. The highest BCUT2D eigenvalue weighted by Gasteiger charge is 2.31. The first-order valence-electron chi connectivity index (χ1n) is 7.51. The van der Waals surface area contributed by atoms with E-state index < -0.39 is 0 Å². The van der Waals surface area contributed by atoms with Crippen molar-refractivity contribution in [3.8, 4) is 0 Å². The summed E-state index contributed by atoms with van der Waals surface area (Å²) in [6.45, 7) is 9.63. The van der Waals surface area contributed by atoms with Crippen molar-refractivity contribution in [1.82, 2.24) is 4.90 Å². The van der Waals surface area contributed by atoms with Gasteiger partial charge < -0.3 is 4.90 Å². The van der Waals surface area contributed by atoms with Crippen LogP contribution in [0.5, 0.6) is 0 Å². The monoisotopic (exact) mass is 275 g/mol. The Morgan fingerprint density at radius 2 is 1.60 bits per heavy atom. The SMILES string of the molecule is CC(=O)C(C(C)=O)=C1C=C(N2CCCC2)CC(C)(C)C1. The van der Waals surface area contributed by atoms with Crippen LogP contribution < -0.4 is 0 Å². The molecule has 110 valence electrons. The topological polar surface area (TPSA) is 37.4 Å². The van der Waals surface area contributed by atoms with Crippen molar-refractivity contribution in [2.45, 2.75) is 53.4 Å². The number of allylic oxidation sites excluding steroid dienone is 4. The van der Waals surface area contributed by atoms with Crippen LogP contribution in [0.1, 0.15) is 53.4 Å². The van der Waals surface area contributed by atoms with Crippen LogP contribution in [-0.2, 0) is 9.59 Å². The minimum absolute atomic E-state index is 0.109. The van der Waals surface area contributed by atoms with Gasteiger partial charge in [-0.1, -0.05) is 13.8 Å². The highest BCUT2D eigenvalue weighted by molar-refractivity contribution is 6.19. The average molecular weight is 275 g/mol. The zero-order valence-corrected chi connectivity index (χ0v) is 13.1. The van der Waals surface area contributed by atoms with Gasteiger partial charge in [0.15, 0.2) is 11.6 Å². The molecule has 0 saturated carbocycles. The summed E-state index contributed by atoms with van der Waals surface area (Å²) in [5, 5.41) is 0. The minimum atomic E-state index is -0.109. The van der Waals surface area contributed by atoms with Crippen LogP contribution >= 0.6 is 0 Å². The van der Waals surface area contributed by atoms with Gasteiger partial charge >= 0.3 is 0 Å². The Hall–Kier alpha value is -1.38. The fraction of sp³-hybridized carbons (Fsp3) is 0.647. The molecular weight excluding hydrogens is 250 g/mol. The normalized spacial score (nSPS) is 21.7. The molecular formula is C17H25NO2. The molecule has 1 aliphatic heterocycles. The number of carbonyl (C=O) groups is 2. The molecule has 2 aliphatic rings. The number of Topliss-reactive ketones (excluding diaryl/α,β-unsaturated/α-hetero) is 2. The molecule has 0 radical (unpaired) electrons.